The van der Waals surface area contributed by atoms with Crippen LogP contribution in [-0.4, -0.2) is 32.8 Å². The first-order chi connectivity index (χ1) is 11.7. The number of carbonyl (C=O) groups excluding carboxylic acids is 1. The smallest absolute Gasteiger partial charge is 0.223 e. The lowest BCUT2D eigenvalue weighted by molar-refractivity contribution is -0.121. The van der Waals surface area contributed by atoms with E-state index in [-0.39, 0.29) is 5.91 Å². The predicted octanol–water partition coefficient (Wildman–Crippen LogP) is 2.97. The summed E-state index contributed by atoms with van der Waals surface area (Å²) in [6, 6.07) is 15.1. The van der Waals surface area contributed by atoms with Crippen LogP contribution in [0.2, 0.25) is 0 Å². The van der Waals surface area contributed by atoms with Crippen LogP contribution in [0.3, 0.4) is 0 Å². The van der Waals surface area contributed by atoms with E-state index in [9.17, 15) is 4.79 Å². The molecule has 0 bridgehead atoms. The van der Waals surface area contributed by atoms with E-state index in [0.29, 0.717) is 26.2 Å². The van der Waals surface area contributed by atoms with Crippen LogP contribution in [0.25, 0.3) is 0 Å². The van der Waals surface area contributed by atoms with E-state index >= 15 is 0 Å². The first-order valence-electron chi connectivity index (χ1n) is 7.91. The fraction of sp³-hybridized carbons (Fsp3) is 0.316. The highest BCUT2D eigenvalue weighted by atomic mass is 16.5. The summed E-state index contributed by atoms with van der Waals surface area (Å²) in [6.45, 7) is 3.20. The van der Waals surface area contributed by atoms with Crippen molar-refractivity contribution in [2.45, 2.75) is 13.3 Å². The molecule has 0 saturated carbocycles. The van der Waals surface area contributed by atoms with Crippen molar-refractivity contribution in [1.82, 2.24) is 5.32 Å². The molecule has 5 nitrogen and oxygen atoms in total. The molecule has 2 aromatic carbocycles. The molecular formula is C19H23NO4. The van der Waals surface area contributed by atoms with Crippen molar-refractivity contribution in [3.05, 3.63) is 54.1 Å². The minimum Gasteiger partial charge on any atom is -0.497 e. The number of benzene rings is 2. The topological polar surface area (TPSA) is 56.8 Å². The maximum Gasteiger partial charge on any atom is 0.223 e. The number of amides is 1. The summed E-state index contributed by atoms with van der Waals surface area (Å²) >= 11 is 0. The number of hydrogen-bond donors (Lipinski definition) is 1. The van der Waals surface area contributed by atoms with Gasteiger partial charge in [0.2, 0.25) is 5.91 Å². The monoisotopic (exact) mass is 329 g/mol. The average Bonchev–Trinajstić information content (AvgIpc) is 2.61. The lowest BCUT2D eigenvalue weighted by Gasteiger charge is -2.10. The van der Waals surface area contributed by atoms with Gasteiger partial charge in [-0.3, -0.25) is 4.79 Å². The molecule has 0 unspecified atom stereocenters. The number of hydrogen-bond acceptors (Lipinski definition) is 4. The predicted molar refractivity (Wildman–Crippen MR) is 92.8 cm³/mol. The fourth-order valence-electron chi connectivity index (χ4n) is 2.09. The summed E-state index contributed by atoms with van der Waals surface area (Å²) < 4.78 is 16.2. The molecule has 24 heavy (non-hydrogen) atoms. The van der Waals surface area contributed by atoms with Gasteiger partial charge >= 0.3 is 0 Å². The van der Waals surface area contributed by atoms with Gasteiger partial charge in [-0.25, -0.2) is 0 Å². The SMILES string of the molecule is COc1ccc(OCCNC(=O)CCOc2ccccc2C)cc1. The van der Waals surface area contributed by atoms with Gasteiger partial charge in [-0.15, -0.1) is 0 Å². The zero-order valence-corrected chi connectivity index (χ0v) is 14.1. The summed E-state index contributed by atoms with van der Waals surface area (Å²) in [5.74, 6) is 2.28. The standard InChI is InChI=1S/C19H23NO4/c1-15-5-3-4-6-18(15)24-13-11-19(21)20-12-14-23-17-9-7-16(22-2)8-10-17/h3-10H,11-14H2,1-2H3,(H,20,21). The Labute approximate surface area is 142 Å². The zero-order chi connectivity index (χ0) is 17.2. The van der Waals surface area contributed by atoms with Gasteiger partial charge in [0.05, 0.1) is 26.7 Å². The van der Waals surface area contributed by atoms with Crippen molar-refractivity contribution in [1.29, 1.82) is 0 Å². The van der Waals surface area contributed by atoms with Gasteiger partial charge in [0.25, 0.3) is 0 Å². The molecule has 0 fully saturated rings. The Bertz CT molecular complexity index is 640. The summed E-state index contributed by atoms with van der Waals surface area (Å²) in [7, 11) is 1.62. The molecule has 2 aromatic rings. The van der Waals surface area contributed by atoms with E-state index in [1.165, 1.54) is 0 Å². The summed E-state index contributed by atoms with van der Waals surface area (Å²) in [5.41, 5.74) is 1.06. The largest absolute Gasteiger partial charge is 0.497 e. The number of rotatable bonds is 9. The molecule has 2 rings (SSSR count). The van der Waals surface area contributed by atoms with Gasteiger partial charge in [0.15, 0.2) is 0 Å². The molecule has 1 N–H and O–H groups in total. The molecule has 128 valence electrons. The van der Waals surface area contributed by atoms with E-state index in [1.807, 2.05) is 55.5 Å². The Balaban J connectivity index is 1.58. The van der Waals surface area contributed by atoms with E-state index in [0.717, 1.165) is 22.8 Å². The van der Waals surface area contributed by atoms with E-state index in [2.05, 4.69) is 5.32 Å². The van der Waals surface area contributed by atoms with Crippen LogP contribution in [0.15, 0.2) is 48.5 Å². The van der Waals surface area contributed by atoms with Gasteiger partial charge < -0.3 is 19.5 Å². The number of carbonyl (C=O) groups is 1. The Hall–Kier alpha value is -2.69. The van der Waals surface area contributed by atoms with Crippen LogP contribution in [-0.2, 0) is 4.79 Å². The number of aryl methyl sites for hydroxylation is 1. The van der Waals surface area contributed by atoms with Crippen LogP contribution in [0.5, 0.6) is 17.2 Å². The molecule has 0 aliphatic heterocycles. The average molecular weight is 329 g/mol. The van der Waals surface area contributed by atoms with Crippen LogP contribution >= 0.6 is 0 Å². The van der Waals surface area contributed by atoms with Crippen molar-refractivity contribution in [3.8, 4) is 17.2 Å². The molecule has 0 spiro atoms. The van der Waals surface area contributed by atoms with Gasteiger partial charge in [-0.05, 0) is 42.8 Å². The van der Waals surface area contributed by atoms with E-state index < -0.39 is 0 Å². The van der Waals surface area contributed by atoms with Crippen LogP contribution in [0, 0.1) is 6.92 Å². The molecular weight excluding hydrogens is 306 g/mol. The summed E-state index contributed by atoms with van der Waals surface area (Å²) in [5, 5.41) is 2.81. The van der Waals surface area contributed by atoms with Crippen molar-refractivity contribution >= 4 is 5.91 Å². The Morgan fingerprint density at radius 1 is 0.958 bits per heavy atom. The zero-order valence-electron chi connectivity index (χ0n) is 14.1. The van der Waals surface area contributed by atoms with Gasteiger partial charge in [-0.2, -0.15) is 0 Å². The number of ether oxygens (including phenoxy) is 3. The van der Waals surface area contributed by atoms with E-state index in [1.54, 1.807) is 7.11 Å². The lowest BCUT2D eigenvalue weighted by atomic mass is 10.2. The molecule has 0 aliphatic rings. The van der Waals surface area contributed by atoms with Gasteiger partial charge in [-0.1, -0.05) is 18.2 Å². The molecule has 5 heteroatoms. The number of para-hydroxylation sites is 1. The number of nitrogens with one attached hydrogen (secondary N) is 1. The van der Waals surface area contributed by atoms with Crippen molar-refractivity contribution in [2.24, 2.45) is 0 Å². The lowest BCUT2D eigenvalue weighted by Crippen LogP contribution is -2.29. The van der Waals surface area contributed by atoms with Crippen LogP contribution < -0.4 is 19.5 Å². The quantitative estimate of drug-likeness (QED) is 0.719. The Kier molecular flexibility index (Phi) is 6.95. The molecule has 0 heterocycles. The van der Waals surface area contributed by atoms with Gasteiger partial charge in [0, 0.05) is 0 Å². The highest BCUT2D eigenvalue weighted by Gasteiger charge is 2.03. The summed E-state index contributed by atoms with van der Waals surface area (Å²) in [6.07, 6.45) is 0.316. The fourth-order valence-corrected chi connectivity index (χ4v) is 2.09. The molecule has 0 radical (unpaired) electrons. The van der Waals surface area contributed by atoms with Crippen LogP contribution in [0.4, 0.5) is 0 Å². The Morgan fingerprint density at radius 3 is 2.38 bits per heavy atom. The molecule has 0 aliphatic carbocycles. The highest BCUT2D eigenvalue weighted by Crippen LogP contribution is 2.17. The first-order valence-corrected chi connectivity index (χ1v) is 7.91. The number of methoxy groups -OCH3 is 1. The molecule has 1 amide bonds. The van der Waals surface area contributed by atoms with Crippen molar-refractivity contribution in [2.75, 3.05) is 26.9 Å². The Morgan fingerprint density at radius 2 is 1.67 bits per heavy atom. The maximum absolute atomic E-state index is 11.7. The van der Waals surface area contributed by atoms with Crippen LogP contribution in [0.1, 0.15) is 12.0 Å². The minimum atomic E-state index is -0.0538. The maximum atomic E-state index is 11.7. The second-order valence-corrected chi connectivity index (χ2v) is 5.24. The van der Waals surface area contributed by atoms with Crippen molar-refractivity contribution < 1.29 is 19.0 Å². The molecule has 0 saturated heterocycles. The molecule has 0 aromatic heterocycles. The second kappa shape index (κ2) is 9.45. The highest BCUT2D eigenvalue weighted by molar-refractivity contribution is 5.75. The van der Waals surface area contributed by atoms with E-state index in [4.69, 9.17) is 14.2 Å². The minimum absolute atomic E-state index is 0.0538. The van der Waals surface area contributed by atoms with Crippen molar-refractivity contribution in [3.63, 3.8) is 0 Å². The third kappa shape index (κ3) is 5.83. The molecule has 0 atom stereocenters. The van der Waals surface area contributed by atoms with Gasteiger partial charge in [0.1, 0.15) is 23.9 Å². The third-order valence-corrected chi connectivity index (χ3v) is 3.43. The normalized spacial score (nSPS) is 10.1. The first kappa shape index (κ1) is 17.7. The third-order valence-electron chi connectivity index (χ3n) is 3.43. The second-order valence-electron chi connectivity index (χ2n) is 5.24. The summed E-state index contributed by atoms with van der Waals surface area (Å²) in [4.78, 5) is 11.7.